The average Bonchev–Trinajstić information content (AvgIpc) is 2.48. The van der Waals surface area contributed by atoms with Gasteiger partial charge in [-0.15, -0.1) is 0 Å². The van der Waals surface area contributed by atoms with E-state index in [0.717, 1.165) is 19.3 Å². The summed E-state index contributed by atoms with van der Waals surface area (Å²) in [5.74, 6) is -1.01. The van der Waals surface area contributed by atoms with E-state index >= 15 is 0 Å². The highest BCUT2D eigenvalue weighted by molar-refractivity contribution is 6.33. The second-order valence-corrected chi connectivity index (χ2v) is 6.39. The third-order valence-corrected chi connectivity index (χ3v) is 4.24. The van der Waals surface area contributed by atoms with Crippen molar-refractivity contribution in [1.82, 2.24) is 15.3 Å². The van der Waals surface area contributed by atoms with Crippen molar-refractivity contribution in [2.75, 3.05) is 0 Å². The summed E-state index contributed by atoms with van der Waals surface area (Å²) in [6, 6.07) is 0. The molecule has 1 aliphatic carbocycles. The molecule has 0 bridgehead atoms. The number of carbonyl (C=O) groups excluding carboxylic acids is 1. The number of rotatable bonds is 4. The van der Waals surface area contributed by atoms with Gasteiger partial charge in [0, 0.05) is 5.92 Å². The van der Waals surface area contributed by atoms with Crippen LogP contribution in [0.2, 0.25) is 5.02 Å². The van der Waals surface area contributed by atoms with Crippen molar-refractivity contribution < 1.29 is 14.7 Å². The van der Waals surface area contributed by atoms with Crippen LogP contribution < -0.4 is 5.32 Å². The summed E-state index contributed by atoms with van der Waals surface area (Å²) in [4.78, 5) is 32.4. The fourth-order valence-electron chi connectivity index (χ4n) is 2.64. The van der Waals surface area contributed by atoms with Gasteiger partial charge in [-0.3, -0.25) is 4.79 Å². The van der Waals surface area contributed by atoms with Crippen LogP contribution in [0.3, 0.4) is 0 Å². The Bertz CT molecular complexity index is 583. The topological polar surface area (TPSA) is 92.2 Å². The molecule has 0 spiro atoms. The van der Waals surface area contributed by atoms with Gasteiger partial charge in [-0.25, -0.2) is 14.8 Å². The van der Waals surface area contributed by atoms with Gasteiger partial charge in [0.2, 0.25) is 0 Å². The van der Waals surface area contributed by atoms with E-state index in [2.05, 4.69) is 15.3 Å². The van der Waals surface area contributed by atoms with Crippen LogP contribution >= 0.6 is 11.6 Å². The maximum atomic E-state index is 12.5. The second kappa shape index (κ2) is 6.60. The van der Waals surface area contributed by atoms with Gasteiger partial charge in [0.1, 0.15) is 17.1 Å². The first-order valence-corrected chi connectivity index (χ1v) is 7.82. The van der Waals surface area contributed by atoms with Gasteiger partial charge in [-0.05, 0) is 12.8 Å². The molecule has 1 aromatic rings. The first-order valence-electron chi connectivity index (χ1n) is 7.44. The first-order chi connectivity index (χ1) is 10.4. The van der Waals surface area contributed by atoms with Crippen molar-refractivity contribution in [2.24, 2.45) is 0 Å². The predicted octanol–water partition coefficient (Wildman–Crippen LogP) is 2.77. The number of aromatic nitrogens is 2. The van der Waals surface area contributed by atoms with E-state index in [-0.39, 0.29) is 16.6 Å². The highest BCUT2D eigenvalue weighted by Crippen LogP contribution is 2.29. The maximum absolute atomic E-state index is 12.5. The average molecular weight is 326 g/mol. The minimum Gasteiger partial charge on any atom is -0.480 e. The molecule has 0 radical (unpaired) electrons. The van der Waals surface area contributed by atoms with Crippen LogP contribution in [0, 0.1) is 0 Å². The van der Waals surface area contributed by atoms with Gasteiger partial charge < -0.3 is 10.4 Å². The molecule has 1 fully saturated rings. The SMILES string of the molecule is CC(C)c1ncc(Cl)c(C(=O)NC2(C(=O)O)CCCCC2)n1. The fourth-order valence-corrected chi connectivity index (χ4v) is 2.82. The van der Waals surface area contributed by atoms with Crippen LogP contribution in [-0.2, 0) is 4.79 Å². The standard InChI is InChI=1S/C15H20ClN3O3/c1-9(2)12-17-8-10(16)11(18-12)13(20)19-15(14(21)22)6-4-3-5-7-15/h8-9H,3-7H2,1-2H3,(H,19,20)(H,21,22). The zero-order chi connectivity index (χ0) is 16.3. The number of carboxylic acids is 1. The highest BCUT2D eigenvalue weighted by Gasteiger charge is 2.41. The van der Waals surface area contributed by atoms with Crippen molar-refractivity contribution in [1.29, 1.82) is 0 Å². The van der Waals surface area contributed by atoms with Gasteiger partial charge in [-0.2, -0.15) is 0 Å². The third kappa shape index (κ3) is 3.38. The van der Waals surface area contributed by atoms with Crippen LogP contribution in [0.15, 0.2) is 6.20 Å². The molecule has 120 valence electrons. The number of hydrogen-bond donors (Lipinski definition) is 2. The predicted molar refractivity (Wildman–Crippen MR) is 82.0 cm³/mol. The van der Waals surface area contributed by atoms with Gasteiger partial charge in [0.05, 0.1) is 11.2 Å². The molecule has 6 nitrogen and oxygen atoms in total. The summed E-state index contributed by atoms with van der Waals surface area (Å²) in [5.41, 5.74) is -1.19. The molecule has 0 unspecified atom stereocenters. The Balaban J connectivity index is 2.27. The number of nitrogens with zero attached hydrogens (tertiary/aromatic N) is 2. The number of carbonyl (C=O) groups is 2. The van der Waals surface area contributed by atoms with E-state index in [0.29, 0.717) is 18.7 Å². The number of nitrogens with one attached hydrogen (secondary N) is 1. The van der Waals surface area contributed by atoms with Gasteiger partial charge in [-0.1, -0.05) is 44.7 Å². The minimum absolute atomic E-state index is 0.0339. The summed E-state index contributed by atoms with van der Waals surface area (Å²) in [6.07, 6.45) is 4.77. The van der Waals surface area contributed by atoms with E-state index in [4.69, 9.17) is 11.6 Å². The third-order valence-electron chi connectivity index (χ3n) is 3.96. The number of carboxylic acid groups (broad SMARTS) is 1. The lowest BCUT2D eigenvalue weighted by molar-refractivity contribution is -0.145. The lowest BCUT2D eigenvalue weighted by Gasteiger charge is -2.33. The van der Waals surface area contributed by atoms with E-state index in [1.807, 2.05) is 13.8 Å². The highest BCUT2D eigenvalue weighted by atomic mass is 35.5. The molecule has 1 saturated carbocycles. The molecule has 2 N–H and O–H groups in total. The number of halogens is 1. The molecular weight excluding hydrogens is 306 g/mol. The summed E-state index contributed by atoms with van der Waals surface area (Å²) >= 11 is 6.01. The van der Waals surface area contributed by atoms with Crippen LogP contribution in [0.5, 0.6) is 0 Å². The summed E-state index contributed by atoms with van der Waals surface area (Å²) < 4.78 is 0. The second-order valence-electron chi connectivity index (χ2n) is 5.98. The molecule has 1 aromatic heterocycles. The molecule has 2 rings (SSSR count). The Hall–Kier alpha value is -1.69. The normalized spacial score (nSPS) is 17.3. The Kier molecular flexibility index (Phi) is 5.01. The summed E-state index contributed by atoms with van der Waals surface area (Å²) in [5, 5.41) is 12.3. The smallest absolute Gasteiger partial charge is 0.329 e. The molecule has 1 amide bonds. The molecule has 22 heavy (non-hydrogen) atoms. The van der Waals surface area contributed by atoms with E-state index < -0.39 is 17.4 Å². The van der Waals surface area contributed by atoms with Crippen molar-refractivity contribution >= 4 is 23.5 Å². The summed E-state index contributed by atoms with van der Waals surface area (Å²) in [6.45, 7) is 3.82. The number of aliphatic carboxylic acids is 1. The molecule has 0 atom stereocenters. The Morgan fingerprint density at radius 3 is 2.50 bits per heavy atom. The summed E-state index contributed by atoms with van der Waals surface area (Å²) in [7, 11) is 0. The lowest BCUT2D eigenvalue weighted by Crippen LogP contribution is -2.55. The number of amides is 1. The Labute approximate surface area is 134 Å². The number of hydrogen-bond acceptors (Lipinski definition) is 4. The van der Waals surface area contributed by atoms with Crippen LogP contribution in [0.4, 0.5) is 0 Å². The van der Waals surface area contributed by atoms with E-state index in [9.17, 15) is 14.7 Å². The zero-order valence-corrected chi connectivity index (χ0v) is 13.5. The monoisotopic (exact) mass is 325 g/mol. The molecule has 0 aliphatic heterocycles. The van der Waals surface area contributed by atoms with Crippen molar-refractivity contribution in [3.8, 4) is 0 Å². The molecule has 1 heterocycles. The fraction of sp³-hybridized carbons (Fsp3) is 0.600. The van der Waals surface area contributed by atoms with Crippen molar-refractivity contribution in [2.45, 2.75) is 57.4 Å². The maximum Gasteiger partial charge on any atom is 0.329 e. The minimum atomic E-state index is -1.22. The van der Waals surface area contributed by atoms with Gasteiger partial charge in [0.15, 0.2) is 0 Å². The van der Waals surface area contributed by atoms with E-state index in [1.165, 1.54) is 6.20 Å². The van der Waals surface area contributed by atoms with Crippen LogP contribution in [-0.4, -0.2) is 32.5 Å². The van der Waals surface area contributed by atoms with Gasteiger partial charge in [0.25, 0.3) is 5.91 Å². The zero-order valence-electron chi connectivity index (χ0n) is 12.7. The molecule has 1 aliphatic rings. The quantitative estimate of drug-likeness (QED) is 0.888. The van der Waals surface area contributed by atoms with Crippen LogP contribution in [0.25, 0.3) is 0 Å². The molecule has 7 heteroatoms. The van der Waals surface area contributed by atoms with Gasteiger partial charge >= 0.3 is 5.97 Å². The Morgan fingerprint density at radius 2 is 1.95 bits per heavy atom. The van der Waals surface area contributed by atoms with E-state index in [1.54, 1.807) is 0 Å². The van der Waals surface area contributed by atoms with Crippen LogP contribution in [0.1, 0.15) is 68.2 Å². The largest absolute Gasteiger partial charge is 0.480 e. The van der Waals surface area contributed by atoms with Crippen molar-refractivity contribution in [3.63, 3.8) is 0 Å². The first kappa shape index (κ1) is 16.7. The Morgan fingerprint density at radius 1 is 1.32 bits per heavy atom. The lowest BCUT2D eigenvalue weighted by atomic mass is 9.81. The molecular formula is C15H20ClN3O3. The van der Waals surface area contributed by atoms with Crippen molar-refractivity contribution in [3.05, 3.63) is 22.7 Å². The molecule has 0 aromatic carbocycles. The molecule has 0 saturated heterocycles.